The Hall–Kier alpha value is -3.37. The van der Waals surface area contributed by atoms with Crippen LogP contribution in [0.15, 0.2) is 69.1 Å². The van der Waals surface area contributed by atoms with E-state index in [0.29, 0.717) is 16.1 Å². The Morgan fingerprint density at radius 1 is 1.19 bits per heavy atom. The van der Waals surface area contributed by atoms with Crippen LogP contribution in [0.5, 0.6) is 0 Å². The van der Waals surface area contributed by atoms with Crippen molar-refractivity contribution < 1.29 is 13.2 Å². The molecule has 0 amide bonds. The fraction of sp³-hybridized carbons (Fsp3) is 0.182. The van der Waals surface area contributed by atoms with E-state index in [4.69, 9.17) is 0 Å². The summed E-state index contributed by atoms with van der Waals surface area (Å²) >= 11 is 0.990. The van der Waals surface area contributed by atoms with Crippen LogP contribution in [0.4, 0.5) is 0 Å². The number of H-pyrrole nitrogens is 1. The first kappa shape index (κ1) is 21.8. The van der Waals surface area contributed by atoms with Crippen molar-refractivity contribution in [2.45, 2.75) is 35.9 Å². The molecular formula is C22H20N4O4S2. The Morgan fingerprint density at radius 2 is 1.91 bits per heavy atom. The minimum Gasteiger partial charge on any atom is -0.325 e. The van der Waals surface area contributed by atoms with Crippen molar-refractivity contribution in [2.75, 3.05) is 0 Å². The molecule has 0 radical (unpaired) electrons. The molecule has 0 bridgehead atoms. The van der Waals surface area contributed by atoms with Crippen LogP contribution in [-0.2, 0) is 9.84 Å². The summed E-state index contributed by atoms with van der Waals surface area (Å²) in [6.07, 6.45) is 4.40. The van der Waals surface area contributed by atoms with Gasteiger partial charge in [0, 0.05) is 23.0 Å². The fourth-order valence-corrected chi connectivity index (χ4v) is 5.99. The smallest absolute Gasteiger partial charge is 0.264 e. The maximum Gasteiger partial charge on any atom is 0.264 e. The quantitative estimate of drug-likeness (QED) is 0.478. The third-order valence-corrected chi connectivity index (χ3v) is 8.05. The number of aromatic amines is 1. The predicted octanol–water partition coefficient (Wildman–Crippen LogP) is 3.65. The molecule has 0 aliphatic heterocycles. The first-order valence-electron chi connectivity index (χ1n) is 9.78. The van der Waals surface area contributed by atoms with Gasteiger partial charge in [-0.3, -0.25) is 14.2 Å². The molecule has 164 valence electrons. The molecule has 1 N–H and O–H groups in total. The Morgan fingerprint density at radius 3 is 2.53 bits per heavy atom. The molecule has 4 aromatic rings. The standard InChI is InChI=1S/C22H20N4O4S2/c1-13(2)18-17(21(28)26-10-9-23-12-26)11-16(20(27)24-18)19-14(3)31-22(25-19)32(29,30)15-7-5-4-6-8-15/h4-13H,1-3H3,(H,24,27). The molecule has 8 nitrogen and oxygen atoms in total. The molecule has 0 aliphatic carbocycles. The van der Waals surface area contributed by atoms with Crippen molar-refractivity contribution in [1.82, 2.24) is 19.5 Å². The second kappa shape index (κ2) is 8.29. The maximum absolute atomic E-state index is 13.0. The zero-order valence-corrected chi connectivity index (χ0v) is 19.2. The summed E-state index contributed by atoms with van der Waals surface area (Å²) in [6.45, 7) is 5.44. The van der Waals surface area contributed by atoms with E-state index < -0.39 is 15.4 Å². The predicted molar refractivity (Wildman–Crippen MR) is 121 cm³/mol. The van der Waals surface area contributed by atoms with Crippen LogP contribution < -0.4 is 5.56 Å². The molecule has 0 saturated heterocycles. The first-order chi connectivity index (χ1) is 15.2. The number of carbonyl (C=O) groups is 1. The number of nitrogens with zero attached hydrogens (tertiary/aromatic N) is 3. The monoisotopic (exact) mass is 468 g/mol. The van der Waals surface area contributed by atoms with Gasteiger partial charge in [0.2, 0.25) is 14.2 Å². The minimum absolute atomic E-state index is 0.106. The number of imidazole rings is 1. The van der Waals surface area contributed by atoms with Gasteiger partial charge in [0.1, 0.15) is 6.33 Å². The number of rotatable bonds is 5. The molecule has 0 fully saturated rings. The zero-order chi connectivity index (χ0) is 23.0. The van der Waals surface area contributed by atoms with Crippen LogP contribution in [0.1, 0.15) is 40.7 Å². The van der Waals surface area contributed by atoms with Gasteiger partial charge in [-0.1, -0.05) is 32.0 Å². The van der Waals surface area contributed by atoms with Crippen LogP contribution in [0, 0.1) is 6.92 Å². The highest BCUT2D eigenvalue weighted by Gasteiger charge is 2.26. The lowest BCUT2D eigenvalue weighted by Crippen LogP contribution is -2.21. The average Bonchev–Trinajstić information content (AvgIpc) is 3.44. The van der Waals surface area contributed by atoms with E-state index in [-0.39, 0.29) is 32.3 Å². The highest BCUT2D eigenvalue weighted by molar-refractivity contribution is 7.93. The molecule has 0 aliphatic rings. The van der Waals surface area contributed by atoms with Crippen molar-refractivity contribution in [3.05, 3.63) is 81.6 Å². The molecule has 0 unspecified atom stereocenters. The summed E-state index contributed by atoms with van der Waals surface area (Å²) in [5.74, 6) is -0.474. The SMILES string of the molecule is Cc1sc(S(=O)(=O)c2ccccc2)nc1-c1cc(C(=O)n2ccnc2)c(C(C)C)[nH]c1=O. The van der Waals surface area contributed by atoms with Crippen molar-refractivity contribution in [1.29, 1.82) is 0 Å². The van der Waals surface area contributed by atoms with Gasteiger partial charge < -0.3 is 4.98 Å². The first-order valence-corrected chi connectivity index (χ1v) is 12.1. The molecular weight excluding hydrogens is 448 g/mol. The third kappa shape index (κ3) is 3.82. The Bertz CT molecular complexity index is 1450. The van der Waals surface area contributed by atoms with Gasteiger partial charge in [-0.25, -0.2) is 18.4 Å². The van der Waals surface area contributed by atoms with Gasteiger partial charge in [0.15, 0.2) is 0 Å². The number of thiazole rings is 1. The molecule has 3 aromatic heterocycles. The van der Waals surface area contributed by atoms with Crippen LogP contribution in [-0.4, -0.2) is 33.8 Å². The molecule has 4 rings (SSSR count). The molecule has 32 heavy (non-hydrogen) atoms. The summed E-state index contributed by atoms with van der Waals surface area (Å²) < 4.78 is 27.2. The number of nitrogens with one attached hydrogen (secondary N) is 1. The van der Waals surface area contributed by atoms with Crippen molar-refractivity contribution in [3.63, 3.8) is 0 Å². The zero-order valence-electron chi connectivity index (χ0n) is 17.6. The third-order valence-electron chi connectivity index (χ3n) is 4.93. The van der Waals surface area contributed by atoms with Crippen molar-refractivity contribution in [2.24, 2.45) is 0 Å². The molecule has 1 aromatic carbocycles. The van der Waals surface area contributed by atoms with Gasteiger partial charge in [0.25, 0.3) is 11.5 Å². The van der Waals surface area contributed by atoms with Crippen LogP contribution >= 0.6 is 11.3 Å². The lowest BCUT2D eigenvalue weighted by atomic mass is 10.00. The van der Waals surface area contributed by atoms with Crippen molar-refractivity contribution >= 4 is 27.1 Å². The lowest BCUT2D eigenvalue weighted by Gasteiger charge is -2.13. The van der Waals surface area contributed by atoms with Gasteiger partial charge in [-0.15, -0.1) is 11.3 Å². The summed E-state index contributed by atoms with van der Waals surface area (Å²) in [6, 6.07) is 9.48. The van der Waals surface area contributed by atoms with Gasteiger partial charge in [-0.2, -0.15) is 0 Å². The second-order valence-corrected chi connectivity index (χ2v) is 10.8. The molecule has 0 atom stereocenters. The topological polar surface area (TPSA) is 115 Å². The van der Waals surface area contributed by atoms with Crippen LogP contribution in [0.3, 0.4) is 0 Å². The summed E-state index contributed by atoms with van der Waals surface area (Å²) in [7, 11) is -3.83. The van der Waals surface area contributed by atoms with Gasteiger partial charge in [0.05, 0.1) is 21.7 Å². The number of sulfone groups is 1. The highest BCUT2D eigenvalue weighted by Crippen LogP contribution is 2.32. The van der Waals surface area contributed by atoms with E-state index in [1.54, 1.807) is 25.1 Å². The Labute approximate surface area is 188 Å². The van der Waals surface area contributed by atoms with Gasteiger partial charge in [-0.05, 0) is 31.0 Å². The summed E-state index contributed by atoms with van der Waals surface area (Å²) in [5, 5.41) is 0. The second-order valence-electron chi connectivity index (χ2n) is 7.47. The van der Waals surface area contributed by atoms with E-state index in [2.05, 4.69) is 15.0 Å². The van der Waals surface area contributed by atoms with E-state index >= 15 is 0 Å². The number of aryl methyl sites for hydroxylation is 1. The van der Waals surface area contributed by atoms with E-state index in [1.807, 2.05) is 13.8 Å². The number of benzene rings is 1. The van der Waals surface area contributed by atoms with E-state index in [9.17, 15) is 18.0 Å². The molecule has 10 heteroatoms. The van der Waals surface area contributed by atoms with Crippen LogP contribution in [0.2, 0.25) is 0 Å². The van der Waals surface area contributed by atoms with Gasteiger partial charge >= 0.3 is 0 Å². The number of carbonyl (C=O) groups excluding carboxylic acids is 1. The maximum atomic E-state index is 13.0. The van der Waals surface area contributed by atoms with E-state index in [0.717, 1.165) is 11.3 Å². The number of pyridine rings is 1. The highest BCUT2D eigenvalue weighted by atomic mass is 32.2. The summed E-state index contributed by atoms with van der Waals surface area (Å²) in [4.78, 5) is 37.7. The van der Waals surface area contributed by atoms with E-state index in [1.165, 1.54) is 41.5 Å². The Kier molecular flexibility index (Phi) is 5.66. The number of hydrogen-bond donors (Lipinski definition) is 1. The molecule has 0 saturated carbocycles. The number of hydrogen-bond acceptors (Lipinski definition) is 7. The van der Waals surface area contributed by atoms with Crippen LogP contribution in [0.25, 0.3) is 11.3 Å². The fourth-order valence-electron chi connectivity index (χ4n) is 3.31. The normalized spacial score (nSPS) is 11.8. The average molecular weight is 469 g/mol. The number of aromatic nitrogens is 4. The lowest BCUT2D eigenvalue weighted by molar-refractivity contribution is 0.0958. The largest absolute Gasteiger partial charge is 0.325 e. The minimum atomic E-state index is -3.83. The molecule has 0 spiro atoms. The van der Waals surface area contributed by atoms with Crippen molar-refractivity contribution in [3.8, 4) is 11.3 Å². The Balaban J connectivity index is 1.87. The molecule has 3 heterocycles. The summed E-state index contributed by atoms with van der Waals surface area (Å²) in [5.41, 5.74) is 0.727.